The van der Waals surface area contributed by atoms with Gasteiger partial charge in [0.2, 0.25) is 10.0 Å². The Morgan fingerprint density at radius 3 is 2.58 bits per heavy atom. The van der Waals surface area contributed by atoms with Crippen LogP contribution < -0.4 is 9.46 Å². The van der Waals surface area contributed by atoms with Crippen molar-refractivity contribution in [3.8, 4) is 5.75 Å². The molecular formula is C10H12F3NO4S. The Morgan fingerprint density at radius 2 is 2.05 bits per heavy atom. The molecule has 0 aliphatic heterocycles. The van der Waals surface area contributed by atoms with Gasteiger partial charge in [-0.2, -0.15) is 0 Å². The number of benzene rings is 1. The maximum Gasteiger partial charge on any atom is 0.573 e. The first kappa shape index (κ1) is 15.7. The zero-order valence-corrected chi connectivity index (χ0v) is 10.6. The molecule has 0 radical (unpaired) electrons. The molecule has 1 rings (SSSR count). The van der Waals surface area contributed by atoms with Crippen molar-refractivity contribution in [1.29, 1.82) is 0 Å². The highest BCUT2D eigenvalue weighted by atomic mass is 32.2. The van der Waals surface area contributed by atoms with E-state index in [1.165, 1.54) is 6.92 Å². The van der Waals surface area contributed by atoms with E-state index in [2.05, 4.69) is 9.46 Å². The molecule has 0 amide bonds. The molecule has 0 unspecified atom stereocenters. The minimum absolute atomic E-state index is 0.243. The standard InChI is InChI=1S/C10H12F3NO4S/c1-7(15)6-14-19(16,17)9-4-2-3-8(5-9)18-10(11,12)13/h2-5,7,14-15H,6H2,1H3/t7-/m1/s1. The lowest BCUT2D eigenvalue weighted by atomic mass is 10.3. The van der Waals surface area contributed by atoms with Gasteiger partial charge >= 0.3 is 6.36 Å². The Kier molecular flexibility index (Phi) is 4.77. The lowest BCUT2D eigenvalue weighted by Crippen LogP contribution is -2.30. The van der Waals surface area contributed by atoms with Crippen molar-refractivity contribution < 1.29 is 31.4 Å². The molecule has 9 heteroatoms. The topological polar surface area (TPSA) is 75.6 Å². The number of nitrogens with one attached hydrogen (secondary N) is 1. The van der Waals surface area contributed by atoms with Crippen LogP contribution in [-0.4, -0.2) is 32.5 Å². The molecule has 108 valence electrons. The highest BCUT2D eigenvalue weighted by Crippen LogP contribution is 2.24. The quantitative estimate of drug-likeness (QED) is 0.858. The van der Waals surface area contributed by atoms with Crippen molar-refractivity contribution in [2.75, 3.05) is 6.54 Å². The van der Waals surface area contributed by atoms with Crippen molar-refractivity contribution in [3.63, 3.8) is 0 Å². The van der Waals surface area contributed by atoms with E-state index in [0.29, 0.717) is 0 Å². The fraction of sp³-hybridized carbons (Fsp3) is 0.400. The molecule has 0 aromatic heterocycles. The van der Waals surface area contributed by atoms with E-state index in [-0.39, 0.29) is 11.4 Å². The van der Waals surface area contributed by atoms with Gasteiger partial charge in [0.05, 0.1) is 11.0 Å². The minimum Gasteiger partial charge on any atom is -0.406 e. The summed E-state index contributed by atoms with van der Waals surface area (Å²) in [5.41, 5.74) is 0. The molecular weight excluding hydrogens is 287 g/mol. The summed E-state index contributed by atoms with van der Waals surface area (Å²) in [7, 11) is -3.99. The molecule has 0 bridgehead atoms. The Balaban J connectivity index is 2.92. The third kappa shape index (κ3) is 5.45. The molecule has 1 aromatic carbocycles. The number of hydrogen-bond acceptors (Lipinski definition) is 4. The number of rotatable bonds is 5. The average molecular weight is 299 g/mol. The summed E-state index contributed by atoms with van der Waals surface area (Å²) < 4.78 is 65.1. The van der Waals surface area contributed by atoms with Crippen LogP contribution in [0.3, 0.4) is 0 Å². The van der Waals surface area contributed by atoms with E-state index >= 15 is 0 Å². The first-order chi connectivity index (χ1) is 8.60. The van der Waals surface area contributed by atoms with Gasteiger partial charge in [-0.25, -0.2) is 13.1 Å². The highest BCUT2D eigenvalue weighted by Gasteiger charge is 2.31. The fourth-order valence-electron chi connectivity index (χ4n) is 1.15. The zero-order valence-electron chi connectivity index (χ0n) is 9.81. The summed E-state index contributed by atoms with van der Waals surface area (Å²) in [6.45, 7) is 1.12. The van der Waals surface area contributed by atoms with Gasteiger partial charge in [0, 0.05) is 12.6 Å². The molecule has 0 heterocycles. The molecule has 0 saturated carbocycles. The average Bonchev–Trinajstić information content (AvgIpc) is 2.24. The first-order valence-electron chi connectivity index (χ1n) is 5.14. The number of aliphatic hydroxyl groups excluding tert-OH is 1. The Hall–Kier alpha value is -1.32. The summed E-state index contributed by atoms with van der Waals surface area (Å²) in [6.07, 6.45) is -5.81. The molecule has 0 aliphatic carbocycles. The molecule has 0 fully saturated rings. The summed E-state index contributed by atoms with van der Waals surface area (Å²) >= 11 is 0. The third-order valence-corrected chi connectivity index (χ3v) is 3.34. The van der Waals surface area contributed by atoms with Crippen molar-refractivity contribution in [2.45, 2.75) is 24.3 Å². The summed E-state index contributed by atoms with van der Waals surface area (Å²) in [5.74, 6) is -0.632. The van der Waals surface area contributed by atoms with Gasteiger partial charge in [-0.05, 0) is 19.1 Å². The predicted octanol–water partition coefficient (Wildman–Crippen LogP) is 1.24. The van der Waals surface area contributed by atoms with Gasteiger partial charge < -0.3 is 9.84 Å². The van der Waals surface area contributed by atoms with Crippen LogP contribution in [0.4, 0.5) is 13.2 Å². The maximum atomic E-state index is 12.0. The molecule has 0 spiro atoms. The van der Waals surface area contributed by atoms with E-state index in [1.807, 2.05) is 0 Å². The fourth-order valence-corrected chi connectivity index (χ4v) is 2.31. The predicted molar refractivity (Wildman–Crippen MR) is 60.0 cm³/mol. The smallest absolute Gasteiger partial charge is 0.406 e. The largest absolute Gasteiger partial charge is 0.573 e. The number of sulfonamides is 1. The van der Waals surface area contributed by atoms with E-state index in [9.17, 15) is 21.6 Å². The van der Waals surface area contributed by atoms with Crippen LogP contribution in [0.2, 0.25) is 0 Å². The van der Waals surface area contributed by atoms with Crippen LogP contribution in [0, 0.1) is 0 Å². The lowest BCUT2D eigenvalue weighted by Gasteiger charge is -2.11. The Labute approximate surface area is 108 Å². The molecule has 2 N–H and O–H groups in total. The Morgan fingerprint density at radius 1 is 1.42 bits per heavy atom. The second kappa shape index (κ2) is 5.76. The van der Waals surface area contributed by atoms with Crippen LogP contribution in [-0.2, 0) is 10.0 Å². The number of alkyl halides is 3. The van der Waals surface area contributed by atoms with E-state index in [1.54, 1.807) is 0 Å². The van der Waals surface area contributed by atoms with Gasteiger partial charge in [0.1, 0.15) is 5.75 Å². The van der Waals surface area contributed by atoms with Crippen LogP contribution >= 0.6 is 0 Å². The zero-order chi connectivity index (χ0) is 14.7. The van der Waals surface area contributed by atoms with Gasteiger partial charge in [-0.3, -0.25) is 0 Å². The first-order valence-corrected chi connectivity index (χ1v) is 6.62. The molecule has 0 aliphatic rings. The van der Waals surface area contributed by atoms with Crippen molar-refractivity contribution >= 4 is 10.0 Å². The van der Waals surface area contributed by atoms with Crippen molar-refractivity contribution in [2.24, 2.45) is 0 Å². The third-order valence-electron chi connectivity index (χ3n) is 1.92. The monoisotopic (exact) mass is 299 g/mol. The van der Waals surface area contributed by atoms with Crippen LogP contribution in [0.5, 0.6) is 5.75 Å². The van der Waals surface area contributed by atoms with E-state index in [4.69, 9.17) is 5.11 Å². The molecule has 19 heavy (non-hydrogen) atoms. The summed E-state index contributed by atoms with van der Waals surface area (Å²) in [5, 5.41) is 8.97. The second-order valence-electron chi connectivity index (χ2n) is 3.72. The number of ether oxygens (including phenoxy) is 1. The Bertz CT molecular complexity index is 528. The molecule has 5 nitrogen and oxygen atoms in total. The summed E-state index contributed by atoms with van der Waals surface area (Å²) in [6, 6.07) is 3.98. The van der Waals surface area contributed by atoms with Gasteiger partial charge in [-0.15, -0.1) is 13.2 Å². The minimum atomic E-state index is -4.89. The van der Waals surface area contributed by atoms with Gasteiger partial charge in [0.25, 0.3) is 0 Å². The number of halogens is 3. The molecule has 1 aromatic rings. The van der Waals surface area contributed by atoms with E-state index < -0.39 is 28.2 Å². The number of hydrogen-bond donors (Lipinski definition) is 2. The van der Waals surface area contributed by atoms with Crippen molar-refractivity contribution in [1.82, 2.24) is 4.72 Å². The highest BCUT2D eigenvalue weighted by molar-refractivity contribution is 7.89. The normalized spacial score (nSPS) is 14.2. The summed E-state index contributed by atoms with van der Waals surface area (Å²) in [4.78, 5) is -0.380. The van der Waals surface area contributed by atoms with Crippen LogP contribution in [0.15, 0.2) is 29.2 Å². The van der Waals surface area contributed by atoms with Gasteiger partial charge in [-0.1, -0.05) is 6.07 Å². The van der Waals surface area contributed by atoms with Gasteiger partial charge in [0.15, 0.2) is 0 Å². The van der Waals surface area contributed by atoms with E-state index in [0.717, 1.165) is 24.3 Å². The SMILES string of the molecule is C[C@@H](O)CNS(=O)(=O)c1cccc(OC(F)(F)F)c1. The van der Waals surface area contributed by atoms with Crippen LogP contribution in [0.25, 0.3) is 0 Å². The molecule has 1 atom stereocenters. The maximum absolute atomic E-state index is 12.0. The second-order valence-corrected chi connectivity index (χ2v) is 5.49. The lowest BCUT2D eigenvalue weighted by molar-refractivity contribution is -0.274. The van der Waals surface area contributed by atoms with Crippen LogP contribution in [0.1, 0.15) is 6.92 Å². The van der Waals surface area contributed by atoms with Crippen molar-refractivity contribution in [3.05, 3.63) is 24.3 Å². The molecule has 0 saturated heterocycles. The number of aliphatic hydroxyl groups is 1.